The van der Waals surface area contributed by atoms with Crippen molar-refractivity contribution in [1.82, 2.24) is 61.5 Å². The number of aromatic nitrogens is 18. The van der Waals surface area contributed by atoms with Crippen LogP contribution in [-0.4, -0.2) is 159 Å². The van der Waals surface area contributed by atoms with Gasteiger partial charge in [0.25, 0.3) is 0 Å². The SMILES string of the molecule is C.C=CCCCn1cc[n+](C)c1/C=N/O.C=CCCCn1ccnc1/C=N/O.CC(=O)c1cc[n+](CCCn2ccnc2/C=N/O)cc1.CC(C)(C)CCn1ccnc1/C=N/O.C[n+]1ccn(CCC(C)(C)C)c1/C=N/O.C[n+]1ccn(CCCc2ccccc2)c1/C=N/O.I.O/N=C/c1nccn1CCC[n+]1ccccc1.O/N=C/c1nccn1CCCc1ccccc1.[I-].[I-]. The molecule has 10 heterocycles. The van der Waals surface area contributed by atoms with E-state index in [2.05, 4.69) is 183 Å². The molecule has 12 rings (SSSR count). The molecule has 0 fully saturated rings. The number of benzene rings is 2. The molecule has 12 aromatic rings. The summed E-state index contributed by atoms with van der Waals surface area (Å²) in [5.74, 6) is 6.10. The number of hydrogen-bond acceptors (Lipinski definition) is 22. The fraction of sp³-hybridized carbons (Fsp3) is 0.372. The molecule has 0 unspecified atom stereocenters. The molecule has 0 aliphatic rings. The molecule has 0 saturated heterocycles. The number of imidazole rings is 8. The monoisotopic (exact) mass is 2150 g/mol. The van der Waals surface area contributed by atoms with E-state index in [1.807, 2.05) is 214 Å². The highest BCUT2D eigenvalue weighted by Gasteiger charge is 2.19. The summed E-state index contributed by atoms with van der Waals surface area (Å²) in [5, 5.41) is 92.0. The van der Waals surface area contributed by atoms with Crippen molar-refractivity contribution >= 4 is 79.5 Å². The van der Waals surface area contributed by atoms with Gasteiger partial charge in [-0.2, -0.15) is 0 Å². The summed E-state index contributed by atoms with van der Waals surface area (Å²) in [6, 6.07) is 30.5. The fourth-order valence-electron chi connectivity index (χ4n) is 12.5. The van der Waals surface area contributed by atoms with Crippen molar-refractivity contribution in [3.63, 3.8) is 0 Å². The Balaban J connectivity index is 0.000000754. The number of Topliss-reactive ketones (excluding diaryl/α,β-unsaturated/α-hetero) is 1. The van der Waals surface area contributed by atoms with Gasteiger partial charge in [-0.05, 0) is 93.1 Å². The van der Waals surface area contributed by atoms with Gasteiger partial charge in [0, 0.05) is 137 Å². The second-order valence-electron chi connectivity index (χ2n) is 31.6. The van der Waals surface area contributed by atoms with Crippen molar-refractivity contribution in [3.8, 4) is 0 Å². The summed E-state index contributed by atoms with van der Waals surface area (Å²) in [4.78, 5) is 31.5. The first-order chi connectivity index (χ1) is 61.9. The van der Waals surface area contributed by atoms with Crippen LogP contribution >= 0.6 is 24.0 Å². The number of ketones is 1. The van der Waals surface area contributed by atoms with E-state index in [-0.39, 0.29) is 85.1 Å². The maximum atomic E-state index is 11.2. The molecule has 8 N–H and O–H groups in total. The Kier molecular flexibility index (Phi) is 61.0. The van der Waals surface area contributed by atoms with Crippen LogP contribution in [-0.2, 0) is 99.4 Å². The molecule has 714 valence electrons. The van der Waals surface area contributed by atoms with E-state index in [1.54, 1.807) is 37.9 Å². The van der Waals surface area contributed by atoms with Gasteiger partial charge in [0.15, 0.2) is 78.3 Å². The first-order valence-electron chi connectivity index (χ1n) is 42.3. The maximum absolute atomic E-state index is 11.2. The second-order valence-corrected chi connectivity index (χ2v) is 31.6. The third-order valence-corrected chi connectivity index (χ3v) is 19.4. The molecule has 0 saturated carbocycles. The number of carbonyl (C=O) groups is 1. The van der Waals surface area contributed by atoms with E-state index in [0.717, 1.165) is 166 Å². The van der Waals surface area contributed by atoms with Gasteiger partial charge in [0.1, 0.15) is 81.3 Å². The highest BCUT2D eigenvalue weighted by atomic mass is 127. The highest BCUT2D eigenvalue weighted by molar-refractivity contribution is 14.0. The van der Waals surface area contributed by atoms with Crippen molar-refractivity contribution < 1.29 is 117 Å². The van der Waals surface area contributed by atoms with Crippen molar-refractivity contribution in [2.75, 3.05) is 0 Å². The summed E-state index contributed by atoms with van der Waals surface area (Å²) in [5.41, 5.74) is 4.03. The lowest BCUT2D eigenvalue weighted by Gasteiger charge is -2.18. The van der Waals surface area contributed by atoms with E-state index in [1.165, 1.54) is 60.8 Å². The molecule has 0 radical (unpaired) electrons. The average molecular weight is 2160 g/mol. The lowest BCUT2D eigenvalue weighted by Crippen LogP contribution is -3.00. The number of unbranched alkanes of at least 4 members (excludes halogenated alkanes) is 2. The van der Waals surface area contributed by atoms with Gasteiger partial charge in [0.2, 0.25) is 0 Å². The summed E-state index contributed by atoms with van der Waals surface area (Å²) in [6.45, 7) is 30.9. The van der Waals surface area contributed by atoms with E-state index in [9.17, 15) is 4.79 Å². The molecule has 0 bridgehead atoms. The Morgan fingerprint density at radius 1 is 0.356 bits per heavy atom. The van der Waals surface area contributed by atoms with Crippen LogP contribution in [0.15, 0.2) is 281 Å². The van der Waals surface area contributed by atoms with Crippen molar-refractivity contribution in [2.24, 2.45) is 73.2 Å². The topological polar surface area (TPSA) is 401 Å². The average Bonchev–Trinajstić information content (AvgIpc) is 1.72. The van der Waals surface area contributed by atoms with Crippen molar-refractivity contribution in [2.45, 2.75) is 198 Å². The van der Waals surface area contributed by atoms with Crippen LogP contribution in [0.25, 0.3) is 0 Å². The predicted molar refractivity (Wildman–Crippen MR) is 514 cm³/mol. The Morgan fingerprint density at radius 2 is 0.621 bits per heavy atom. The lowest BCUT2D eigenvalue weighted by atomic mass is 9.92. The molecule has 0 atom stereocenters. The van der Waals surface area contributed by atoms with Crippen LogP contribution in [0.1, 0.15) is 188 Å². The number of aryl methyl sites for hydroxylation is 15. The Labute approximate surface area is 827 Å². The molecule has 0 amide bonds. The van der Waals surface area contributed by atoms with Crippen molar-refractivity contribution in [3.05, 3.63) is 304 Å². The van der Waals surface area contributed by atoms with Crippen LogP contribution in [0.4, 0.5) is 0 Å². The zero-order chi connectivity index (χ0) is 93.0. The summed E-state index contributed by atoms with van der Waals surface area (Å²) >= 11 is 0. The zero-order valence-corrected chi connectivity index (χ0v) is 83.4. The molecule has 2 aromatic carbocycles. The van der Waals surface area contributed by atoms with Gasteiger partial charge in [-0.1, -0.05) is 169 Å². The Morgan fingerprint density at radius 3 is 0.924 bits per heavy atom. The molecule has 0 spiro atoms. The quantitative estimate of drug-likeness (QED) is 0.00266. The first-order valence-corrected chi connectivity index (χ1v) is 42.3. The normalized spacial score (nSPS) is 11.0. The van der Waals surface area contributed by atoms with Crippen LogP contribution < -0.4 is 70.8 Å². The minimum absolute atomic E-state index is 0. The molecule has 0 aliphatic carbocycles. The van der Waals surface area contributed by atoms with E-state index < -0.39 is 0 Å². The van der Waals surface area contributed by atoms with Gasteiger partial charge in [-0.25, -0.2) is 61.5 Å². The number of nitrogens with zero attached hydrogens (tertiary/aromatic N) is 26. The molecule has 0 aliphatic heterocycles. The zero-order valence-electron chi connectivity index (χ0n) is 76.7. The highest BCUT2D eigenvalue weighted by Crippen LogP contribution is 2.21. The minimum atomic E-state index is 0. The lowest BCUT2D eigenvalue weighted by molar-refractivity contribution is -0.697. The molecule has 38 heteroatoms. The number of oxime groups is 8. The number of hydrogen-bond donors (Lipinski definition) is 8. The maximum Gasteiger partial charge on any atom is 0.303 e. The second kappa shape index (κ2) is 68.6. The van der Waals surface area contributed by atoms with E-state index >= 15 is 0 Å². The smallest absolute Gasteiger partial charge is 0.303 e. The number of allylic oxidation sites excluding steroid dienone is 2. The number of pyridine rings is 2. The number of rotatable bonds is 37. The van der Waals surface area contributed by atoms with Gasteiger partial charge in [-0.3, -0.25) is 4.79 Å². The molecule has 35 nitrogen and oxygen atoms in total. The van der Waals surface area contributed by atoms with Crippen LogP contribution in [0, 0.1) is 10.8 Å². The largest absolute Gasteiger partial charge is 1.00 e. The predicted octanol–water partition coefficient (Wildman–Crippen LogP) is 8.11. The number of halogens is 3. The molecule has 10 aromatic heterocycles. The summed E-state index contributed by atoms with van der Waals surface area (Å²) < 4.78 is 25.9. The number of carbonyl (C=O) groups excluding carboxylic acids is 1. The van der Waals surface area contributed by atoms with Gasteiger partial charge < -0.3 is 112 Å². The van der Waals surface area contributed by atoms with E-state index in [0.29, 0.717) is 40.0 Å². The third-order valence-electron chi connectivity index (χ3n) is 19.4. The summed E-state index contributed by atoms with van der Waals surface area (Å²) in [7, 11) is 5.79. The minimum Gasteiger partial charge on any atom is -1.00 e. The standard InChI is InChI=1S/C14H16N4O2.C14H17N3O.C13H15N3O.C12H14N4O.C11H19N3O.C10H17N3O.C10H15N3O.C9H13N3O.CH4.3HI/c1-12(19)13-3-8-17(9-4-13)6-2-7-18-10-5-15-14(18)11-16-20;1-16-10-11-17(14(16)12-15-18)9-5-8-13-6-3-2-4-7-13;17-15-11-13-14-8-10-16(13)9-4-7-12-5-2-1-3-6-12;17-14-11-12-13-5-10-16(12)9-4-8-15-6-2-1-3-7-15;1-11(2,3)5-6-14-8-7-13(4)10(14)9-12-15;1-10(2,3)4-6-13-7-5-11-9(13)8-12-14;1-3-4-5-6-13-8-7-12(2)10(13)9-11-14;1-2-3-4-6-12-7-5-10-9(12)8-11-13;;;;/h3-5,8-11H,2,6-7H2,1H3;2-4,6-7,10-12H,5,8-9H2,1H3;1-3,5-6,8,10-11,17H,4,7,9H2;1-3,5-7,10-11H,4,8-9H2;7-9H,5-6H2,1-4H3;5,7-8,14H,4,6H2,1-3H3;3,7-9H,1,4-6H2,2H3;2,5,7-8,13H,1,3-4,6H2;1H4;3*1H/p+3/b;;15-11+;14-11+;;12-8+;;11-8+;;;;. The van der Waals surface area contributed by atoms with Gasteiger partial charge >= 0.3 is 17.5 Å². The van der Waals surface area contributed by atoms with Gasteiger partial charge in [0.05, 0.1) is 40.8 Å². The Hall–Kier alpha value is -12.5. The van der Waals surface area contributed by atoms with Crippen LogP contribution in [0.3, 0.4) is 0 Å². The first kappa shape index (κ1) is 118. The van der Waals surface area contributed by atoms with Gasteiger partial charge in [-0.15, -0.1) is 37.1 Å². The molecule has 132 heavy (non-hydrogen) atoms. The Bertz CT molecular complexity index is 5210. The van der Waals surface area contributed by atoms with Crippen LogP contribution in [0.2, 0.25) is 0 Å². The molecular weight excluding hydrogens is 2020 g/mol. The molecular formula is C94H136I3N26O9+3. The summed E-state index contributed by atoms with van der Waals surface area (Å²) in [6.07, 6.45) is 64.7. The third kappa shape index (κ3) is 46.9. The van der Waals surface area contributed by atoms with Crippen molar-refractivity contribution in [1.29, 1.82) is 0 Å². The van der Waals surface area contributed by atoms with Crippen LogP contribution in [0.5, 0.6) is 0 Å². The van der Waals surface area contributed by atoms with E-state index in [4.69, 9.17) is 41.7 Å². The fourth-order valence-corrected chi connectivity index (χ4v) is 12.5.